The Morgan fingerprint density at radius 1 is 0.947 bits per heavy atom. The first-order valence-electron chi connectivity index (χ1n) is 7.01. The largest absolute Gasteiger partial charge is 0.330 e. The molecule has 0 radical (unpaired) electrons. The van der Waals surface area contributed by atoms with E-state index in [0.717, 1.165) is 12.8 Å². The summed E-state index contributed by atoms with van der Waals surface area (Å²) in [5.74, 6) is 0. The second-order valence-electron chi connectivity index (χ2n) is 5.37. The van der Waals surface area contributed by atoms with E-state index in [9.17, 15) is 0 Å². The summed E-state index contributed by atoms with van der Waals surface area (Å²) < 4.78 is 0. The lowest BCUT2D eigenvalue weighted by Crippen LogP contribution is -2.36. The summed E-state index contributed by atoms with van der Waals surface area (Å²) in [6, 6.07) is 19.5. The maximum absolute atomic E-state index is 6.13. The quantitative estimate of drug-likeness (QED) is 0.860. The van der Waals surface area contributed by atoms with Gasteiger partial charge in [0.05, 0.1) is 0 Å². The van der Waals surface area contributed by atoms with Crippen molar-refractivity contribution in [2.45, 2.75) is 32.1 Å². The lowest BCUT2D eigenvalue weighted by molar-refractivity contribution is 0.418. The molecular formula is C18H23N. The first-order valence-corrected chi connectivity index (χ1v) is 7.01. The zero-order valence-electron chi connectivity index (χ0n) is 11.9. The minimum atomic E-state index is 0.0521. The Bertz CT molecular complexity index is 495. The molecule has 19 heavy (non-hydrogen) atoms. The van der Waals surface area contributed by atoms with Crippen LogP contribution in [-0.2, 0) is 11.8 Å². The highest BCUT2D eigenvalue weighted by atomic mass is 14.6. The van der Waals surface area contributed by atoms with Crippen LogP contribution in [0.2, 0.25) is 0 Å². The SMILES string of the molecule is CCC(CN)(Cc1ccc(C)cc1)c1ccccc1. The van der Waals surface area contributed by atoms with Gasteiger partial charge in [0, 0.05) is 12.0 Å². The van der Waals surface area contributed by atoms with Crippen LogP contribution >= 0.6 is 0 Å². The number of nitrogens with two attached hydrogens (primary N) is 1. The second kappa shape index (κ2) is 6.03. The Morgan fingerprint density at radius 2 is 1.58 bits per heavy atom. The van der Waals surface area contributed by atoms with Crippen LogP contribution in [-0.4, -0.2) is 6.54 Å². The molecule has 0 fully saturated rings. The first kappa shape index (κ1) is 13.8. The number of benzene rings is 2. The fraction of sp³-hybridized carbons (Fsp3) is 0.333. The number of hydrogen-bond donors (Lipinski definition) is 1. The van der Waals surface area contributed by atoms with Crippen LogP contribution in [0.15, 0.2) is 54.6 Å². The van der Waals surface area contributed by atoms with E-state index in [1.807, 2.05) is 0 Å². The zero-order chi connectivity index (χ0) is 13.7. The van der Waals surface area contributed by atoms with Crippen molar-refractivity contribution in [2.75, 3.05) is 6.54 Å². The predicted molar refractivity (Wildman–Crippen MR) is 82.3 cm³/mol. The van der Waals surface area contributed by atoms with Crippen molar-refractivity contribution in [3.05, 3.63) is 71.3 Å². The van der Waals surface area contributed by atoms with Crippen LogP contribution in [0.3, 0.4) is 0 Å². The molecule has 1 heteroatoms. The molecule has 0 aliphatic rings. The smallest absolute Gasteiger partial charge is 0.0113 e. The van der Waals surface area contributed by atoms with Gasteiger partial charge in [0.25, 0.3) is 0 Å². The fourth-order valence-electron chi connectivity index (χ4n) is 2.65. The van der Waals surface area contributed by atoms with E-state index in [2.05, 4.69) is 68.4 Å². The van der Waals surface area contributed by atoms with Crippen LogP contribution in [0.5, 0.6) is 0 Å². The number of rotatable bonds is 5. The molecule has 1 nitrogen and oxygen atoms in total. The molecule has 0 aliphatic heterocycles. The molecule has 0 spiro atoms. The summed E-state index contributed by atoms with van der Waals surface area (Å²) in [4.78, 5) is 0. The van der Waals surface area contributed by atoms with Gasteiger partial charge in [0.2, 0.25) is 0 Å². The van der Waals surface area contributed by atoms with Crippen LogP contribution in [0.4, 0.5) is 0 Å². The van der Waals surface area contributed by atoms with Crippen LogP contribution in [0, 0.1) is 6.92 Å². The molecule has 2 aromatic rings. The van der Waals surface area contributed by atoms with Crippen molar-refractivity contribution in [3.63, 3.8) is 0 Å². The summed E-state index contributed by atoms with van der Waals surface area (Å²) >= 11 is 0. The zero-order valence-corrected chi connectivity index (χ0v) is 11.9. The van der Waals surface area contributed by atoms with Gasteiger partial charge in [0.15, 0.2) is 0 Å². The van der Waals surface area contributed by atoms with Crippen molar-refractivity contribution < 1.29 is 0 Å². The molecule has 100 valence electrons. The van der Waals surface area contributed by atoms with E-state index in [4.69, 9.17) is 5.73 Å². The standard InChI is InChI=1S/C18H23N/c1-3-18(14-19,17-7-5-4-6-8-17)13-16-11-9-15(2)10-12-16/h4-12H,3,13-14,19H2,1-2H3. The Balaban J connectivity index is 2.32. The third-order valence-electron chi connectivity index (χ3n) is 4.12. The van der Waals surface area contributed by atoms with E-state index in [1.54, 1.807) is 0 Å². The lowest BCUT2D eigenvalue weighted by Gasteiger charge is -2.32. The Labute approximate surface area is 116 Å². The topological polar surface area (TPSA) is 26.0 Å². The lowest BCUT2D eigenvalue weighted by atomic mass is 9.73. The average Bonchev–Trinajstić information content (AvgIpc) is 2.48. The monoisotopic (exact) mass is 253 g/mol. The van der Waals surface area contributed by atoms with Gasteiger partial charge in [-0.1, -0.05) is 67.1 Å². The van der Waals surface area contributed by atoms with Gasteiger partial charge in [0.1, 0.15) is 0 Å². The van der Waals surface area contributed by atoms with E-state index >= 15 is 0 Å². The van der Waals surface area contributed by atoms with Gasteiger partial charge in [-0.15, -0.1) is 0 Å². The molecule has 0 bridgehead atoms. The molecule has 0 saturated heterocycles. The van der Waals surface area contributed by atoms with Crippen molar-refractivity contribution in [3.8, 4) is 0 Å². The van der Waals surface area contributed by atoms with E-state index in [-0.39, 0.29) is 5.41 Å². The Kier molecular flexibility index (Phi) is 4.39. The number of hydrogen-bond acceptors (Lipinski definition) is 1. The summed E-state index contributed by atoms with van der Waals surface area (Å²) in [5, 5.41) is 0. The van der Waals surface area contributed by atoms with Crippen molar-refractivity contribution >= 4 is 0 Å². The van der Waals surface area contributed by atoms with Gasteiger partial charge < -0.3 is 5.73 Å². The molecule has 0 saturated carbocycles. The molecule has 0 amide bonds. The van der Waals surface area contributed by atoms with Crippen molar-refractivity contribution in [1.29, 1.82) is 0 Å². The van der Waals surface area contributed by atoms with Gasteiger partial charge >= 0.3 is 0 Å². The second-order valence-corrected chi connectivity index (χ2v) is 5.37. The molecule has 2 aromatic carbocycles. The first-order chi connectivity index (χ1) is 9.20. The molecule has 1 unspecified atom stereocenters. The molecule has 0 heterocycles. The average molecular weight is 253 g/mol. The summed E-state index contributed by atoms with van der Waals surface area (Å²) in [7, 11) is 0. The van der Waals surface area contributed by atoms with Crippen LogP contribution < -0.4 is 5.73 Å². The molecule has 2 N–H and O–H groups in total. The van der Waals surface area contributed by atoms with Gasteiger partial charge in [-0.25, -0.2) is 0 Å². The molecular weight excluding hydrogens is 230 g/mol. The van der Waals surface area contributed by atoms with E-state index in [0.29, 0.717) is 6.54 Å². The predicted octanol–water partition coefficient (Wildman–Crippen LogP) is 3.84. The van der Waals surface area contributed by atoms with Crippen LogP contribution in [0.1, 0.15) is 30.0 Å². The molecule has 1 atom stereocenters. The van der Waals surface area contributed by atoms with Crippen LogP contribution in [0.25, 0.3) is 0 Å². The highest BCUT2D eigenvalue weighted by Gasteiger charge is 2.28. The molecule has 0 aromatic heterocycles. The molecule has 2 rings (SSSR count). The van der Waals surface area contributed by atoms with Gasteiger partial charge in [-0.05, 0) is 30.9 Å². The van der Waals surface area contributed by atoms with Gasteiger partial charge in [-0.3, -0.25) is 0 Å². The van der Waals surface area contributed by atoms with Gasteiger partial charge in [-0.2, -0.15) is 0 Å². The minimum Gasteiger partial charge on any atom is -0.330 e. The summed E-state index contributed by atoms with van der Waals surface area (Å²) in [5.41, 5.74) is 10.2. The number of aryl methyl sites for hydroxylation is 1. The third-order valence-corrected chi connectivity index (χ3v) is 4.12. The Hall–Kier alpha value is -1.60. The summed E-state index contributed by atoms with van der Waals surface area (Å²) in [6.07, 6.45) is 2.06. The highest BCUT2D eigenvalue weighted by Crippen LogP contribution is 2.31. The fourth-order valence-corrected chi connectivity index (χ4v) is 2.65. The van der Waals surface area contributed by atoms with E-state index in [1.165, 1.54) is 16.7 Å². The highest BCUT2D eigenvalue weighted by molar-refractivity contribution is 5.31. The normalized spacial score (nSPS) is 14.1. The van der Waals surface area contributed by atoms with Crippen molar-refractivity contribution in [2.24, 2.45) is 5.73 Å². The van der Waals surface area contributed by atoms with Crippen molar-refractivity contribution in [1.82, 2.24) is 0 Å². The maximum atomic E-state index is 6.13. The maximum Gasteiger partial charge on any atom is 0.0113 e. The minimum absolute atomic E-state index is 0.0521. The van der Waals surface area contributed by atoms with E-state index < -0.39 is 0 Å². The Morgan fingerprint density at radius 3 is 2.11 bits per heavy atom. The molecule has 0 aliphatic carbocycles. The third kappa shape index (κ3) is 3.05. The summed E-state index contributed by atoms with van der Waals surface area (Å²) in [6.45, 7) is 5.03.